The Morgan fingerprint density at radius 2 is 1.86 bits per heavy atom. The Morgan fingerprint density at radius 1 is 1.18 bits per heavy atom. The number of hydrogen-bond acceptors (Lipinski definition) is 6. The van der Waals surface area contributed by atoms with Crippen LogP contribution in [0.25, 0.3) is 10.2 Å². The van der Waals surface area contributed by atoms with Crippen LogP contribution in [0.5, 0.6) is 0 Å². The Kier molecular flexibility index (Phi) is 2.60. The van der Waals surface area contributed by atoms with E-state index in [1.54, 1.807) is 24.4 Å². The molecule has 0 bridgehead atoms. The van der Waals surface area contributed by atoms with Crippen molar-refractivity contribution in [2.75, 3.05) is 0 Å². The van der Waals surface area contributed by atoms with Gasteiger partial charge < -0.3 is 4.84 Å². The number of hydrogen-bond donors (Lipinski definition) is 1. The number of aromatic nitrogens is 2. The smallest absolute Gasteiger partial charge is 0.323 e. The molecule has 0 radical (unpaired) electrons. The van der Waals surface area contributed by atoms with Gasteiger partial charge in [-0.15, -0.1) is 11.3 Å². The number of nitrogens with zero attached hydrogens (tertiary/aromatic N) is 2. The van der Waals surface area contributed by atoms with Crippen LogP contribution in [0, 0.1) is 0 Å². The number of rotatable bonds is 2. The zero-order valence-corrected chi connectivity index (χ0v) is 11.7. The SMILES string of the molecule is O=C(ON1C(=O)c2ccccc2C1=O)c1cc2cn[nH]c2s1. The first kappa shape index (κ1) is 12.7. The van der Waals surface area contributed by atoms with Gasteiger partial charge in [-0.1, -0.05) is 17.2 Å². The van der Waals surface area contributed by atoms with Crippen LogP contribution < -0.4 is 0 Å². The minimum absolute atomic E-state index is 0.225. The summed E-state index contributed by atoms with van der Waals surface area (Å²) in [7, 11) is 0. The minimum Gasteiger partial charge on any atom is -0.323 e. The van der Waals surface area contributed by atoms with Gasteiger partial charge in [-0.25, -0.2) is 4.79 Å². The van der Waals surface area contributed by atoms with E-state index in [1.165, 1.54) is 12.1 Å². The van der Waals surface area contributed by atoms with Crippen molar-refractivity contribution in [2.45, 2.75) is 0 Å². The first-order chi connectivity index (χ1) is 10.6. The maximum Gasteiger partial charge on any atom is 0.373 e. The number of thiophene rings is 1. The Balaban J connectivity index is 1.61. The van der Waals surface area contributed by atoms with Gasteiger partial charge in [0, 0.05) is 5.39 Å². The summed E-state index contributed by atoms with van der Waals surface area (Å²) in [5.41, 5.74) is 0.450. The third-order valence-corrected chi connectivity index (χ3v) is 4.30. The van der Waals surface area contributed by atoms with E-state index < -0.39 is 17.8 Å². The Hall–Kier alpha value is -3.00. The number of amides is 2. The first-order valence-corrected chi connectivity index (χ1v) is 7.10. The summed E-state index contributed by atoms with van der Waals surface area (Å²) < 4.78 is 0. The molecule has 1 N–H and O–H groups in total. The Bertz CT molecular complexity index is 879. The number of hydroxylamine groups is 2. The van der Waals surface area contributed by atoms with Gasteiger partial charge in [0.2, 0.25) is 0 Å². The number of H-pyrrole nitrogens is 1. The second-order valence-electron chi connectivity index (χ2n) is 4.59. The molecule has 0 unspecified atom stereocenters. The van der Waals surface area contributed by atoms with Crippen LogP contribution in [0.4, 0.5) is 0 Å². The molecule has 2 amide bonds. The predicted octanol–water partition coefficient (Wildman–Crippen LogP) is 1.99. The third-order valence-electron chi connectivity index (χ3n) is 3.26. The highest BCUT2D eigenvalue weighted by Crippen LogP contribution is 2.26. The maximum absolute atomic E-state index is 12.1. The normalized spacial score (nSPS) is 13.7. The van der Waals surface area contributed by atoms with Crippen LogP contribution in [-0.4, -0.2) is 33.0 Å². The van der Waals surface area contributed by atoms with Crippen LogP contribution in [-0.2, 0) is 4.84 Å². The van der Waals surface area contributed by atoms with Gasteiger partial charge in [0.05, 0.1) is 17.3 Å². The summed E-state index contributed by atoms with van der Waals surface area (Å²) in [5.74, 6) is -2.04. The molecule has 108 valence electrons. The van der Waals surface area contributed by atoms with Gasteiger partial charge in [0.25, 0.3) is 11.8 Å². The summed E-state index contributed by atoms with van der Waals surface area (Å²) >= 11 is 1.14. The van der Waals surface area contributed by atoms with Gasteiger partial charge >= 0.3 is 5.97 Å². The molecule has 0 fully saturated rings. The highest BCUT2D eigenvalue weighted by atomic mass is 32.1. The van der Waals surface area contributed by atoms with Crippen LogP contribution in [0.3, 0.4) is 0 Å². The standard InChI is InChI=1S/C14H7N3O4S/c18-12-8-3-1-2-4-9(8)13(19)17(12)21-14(20)10-5-7-6-15-16-11(7)22-10/h1-6H,(H,15,16). The van der Waals surface area contributed by atoms with Gasteiger partial charge in [0.15, 0.2) is 0 Å². The highest BCUT2D eigenvalue weighted by Gasteiger charge is 2.39. The molecule has 3 heterocycles. The van der Waals surface area contributed by atoms with Crippen molar-refractivity contribution in [3.8, 4) is 0 Å². The molecule has 4 rings (SSSR count). The van der Waals surface area contributed by atoms with Gasteiger partial charge in [0.1, 0.15) is 9.71 Å². The number of carbonyl (C=O) groups is 3. The molecule has 3 aromatic rings. The van der Waals surface area contributed by atoms with E-state index in [2.05, 4.69) is 10.2 Å². The van der Waals surface area contributed by atoms with E-state index >= 15 is 0 Å². The summed E-state index contributed by atoms with van der Waals surface area (Å²) in [4.78, 5) is 42.3. The molecule has 0 spiro atoms. The second-order valence-corrected chi connectivity index (χ2v) is 5.65. The van der Waals surface area contributed by atoms with E-state index in [9.17, 15) is 14.4 Å². The molecular weight excluding hydrogens is 306 g/mol. The molecule has 1 aromatic carbocycles. The van der Waals surface area contributed by atoms with Crippen molar-refractivity contribution >= 4 is 39.3 Å². The molecule has 1 aliphatic heterocycles. The lowest BCUT2D eigenvalue weighted by Gasteiger charge is -2.11. The van der Waals surface area contributed by atoms with E-state index in [0.717, 1.165) is 16.7 Å². The lowest BCUT2D eigenvalue weighted by Crippen LogP contribution is -2.32. The molecule has 22 heavy (non-hydrogen) atoms. The number of aromatic amines is 1. The molecule has 8 heteroatoms. The fraction of sp³-hybridized carbons (Fsp3) is 0. The van der Waals surface area contributed by atoms with Crippen molar-refractivity contribution < 1.29 is 19.2 Å². The minimum atomic E-state index is -0.760. The summed E-state index contributed by atoms with van der Waals surface area (Å²) in [6.07, 6.45) is 1.57. The molecule has 7 nitrogen and oxygen atoms in total. The molecule has 0 saturated heterocycles. The van der Waals surface area contributed by atoms with E-state index in [1.807, 2.05) is 0 Å². The zero-order chi connectivity index (χ0) is 15.3. The quantitative estimate of drug-likeness (QED) is 0.730. The molecular formula is C14H7N3O4S. The number of imide groups is 1. The summed E-state index contributed by atoms with van der Waals surface area (Å²) in [5, 5.41) is 7.83. The topological polar surface area (TPSA) is 92.4 Å². The lowest BCUT2D eigenvalue weighted by atomic mass is 10.1. The molecule has 2 aromatic heterocycles. The second kappa shape index (κ2) is 4.50. The highest BCUT2D eigenvalue weighted by molar-refractivity contribution is 7.20. The number of fused-ring (bicyclic) bond motifs is 2. The fourth-order valence-electron chi connectivity index (χ4n) is 2.23. The molecule has 0 aliphatic carbocycles. The van der Waals surface area contributed by atoms with E-state index in [0.29, 0.717) is 9.89 Å². The molecule has 1 aliphatic rings. The first-order valence-electron chi connectivity index (χ1n) is 6.28. The molecule has 0 atom stereocenters. The summed E-state index contributed by atoms with van der Waals surface area (Å²) in [6.45, 7) is 0. The average molecular weight is 313 g/mol. The van der Waals surface area contributed by atoms with Crippen molar-refractivity contribution in [1.82, 2.24) is 15.3 Å². The zero-order valence-electron chi connectivity index (χ0n) is 10.9. The number of nitrogens with one attached hydrogen (secondary N) is 1. The lowest BCUT2D eigenvalue weighted by molar-refractivity contribution is -0.0581. The number of benzene rings is 1. The van der Waals surface area contributed by atoms with Crippen LogP contribution in [0.2, 0.25) is 0 Å². The van der Waals surface area contributed by atoms with Gasteiger partial charge in [-0.3, -0.25) is 14.7 Å². The maximum atomic E-state index is 12.1. The van der Waals surface area contributed by atoms with Crippen molar-refractivity contribution in [2.24, 2.45) is 0 Å². The van der Waals surface area contributed by atoms with Crippen LogP contribution in [0.1, 0.15) is 30.4 Å². The van der Waals surface area contributed by atoms with E-state index in [-0.39, 0.29) is 16.0 Å². The third kappa shape index (κ3) is 1.74. The van der Waals surface area contributed by atoms with Crippen LogP contribution in [0.15, 0.2) is 36.5 Å². The number of carbonyl (C=O) groups excluding carboxylic acids is 3. The Labute approximate surface area is 127 Å². The van der Waals surface area contributed by atoms with Crippen molar-refractivity contribution in [1.29, 1.82) is 0 Å². The largest absolute Gasteiger partial charge is 0.373 e. The van der Waals surface area contributed by atoms with Gasteiger partial charge in [-0.05, 0) is 18.2 Å². The van der Waals surface area contributed by atoms with Gasteiger partial charge in [-0.2, -0.15) is 5.10 Å². The fourth-order valence-corrected chi connectivity index (χ4v) is 3.08. The van der Waals surface area contributed by atoms with Crippen LogP contribution >= 0.6 is 11.3 Å². The Morgan fingerprint density at radius 3 is 2.50 bits per heavy atom. The average Bonchev–Trinajstić information content (AvgIpc) is 3.17. The summed E-state index contributed by atoms with van der Waals surface area (Å²) in [6, 6.07) is 7.91. The monoisotopic (exact) mass is 313 g/mol. The van der Waals surface area contributed by atoms with Crippen molar-refractivity contribution in [3.05, 3.63) is 52.5 Å². The molecule has 0 saturated carbocycles. The van der Waals surface area contributed by atoms with E-state index in [4.69, 9.17) is 4.84 Å². The van der Waals surface area contributed by atoms with Crippen molar-refractivity contribution in [3.63, 3.8) is 0 Å². The predicted molar refractivity (Wildman–Crippen MR) is 76.3 cm³/mol.